The largest absolute Gasteiger partial charge is 0.338 e. The Morgan fingerprint density at radius 2 is 1.90 bits per heavy atom. The van der Waals surface area contributed by atoms with Gasteiger partial charge in [0.25, 0.3) is 0 Å². The summed E-state index contributed by atoms with van der Waals surface area (Å²) in [6, 6.07) is 9.38. The highest BCUT2D eigenvalue weighted by molar-refractivity contribution is 5.18. The molecule has 21 heavy (non-hydrogen) atoms. The van der Waals surface area contributed by atoms with Crippen molar-refractivity contribution in [2.24, 2.45) is 0 Å². The maximum absolute atomic E-state index is 12.7. The molecule has 1 heterocycles. The SMILES string of the molecule is FC(F)C(F)(F)CNCc1nc(Cc2ccccc2)no1. The Morgan fingerprint density at radius 3 is 2.57 bits per heavy atom. The lowest BCUT2D eigenvalue weighted by atomic mass is 10.1. The predicted molar refractivity (Wildman–Crippen MR) is 66.2 cm³/mol. The Balaban J connectivity index is 1.84. The highest BCUT2D eigenvalue weighted by Crippen LogP contribution is 2.21. The summed E-state index contributed by atoms with van der Waals surface area (Å²) in [6.45, 7) is -1.34. The summed E-state index contributed by atoms with van der Waals surface area (Å²) in [7, 11) is 0. The van der Waals surface area contributed by atoms with E-state index in [1.165, 1.54) is 0 Å². The van der Waals surface area contributed by atoms with Gasteiger partial charge in [-0.2, -0.15) is 13.8 Å². The Labute approximate surface area is 118 Å². The van der Waals surface area contributed by atoms with Crippen LogP contribution in [0.15, 0.2) is 34.9 Å². The van der Waals surface area contributed by atoms with Gasteiger partial charge in [-0.25, -0.2) is 8.78 Å². The molecule has 0 saturated heterocycles. The Hall–Kier alpha value is -1.96. The molecular formula is C13H13F4N3O. The summed E-state index contributed by atoms with van der Waals surface area (Å²) in [5, 5.41) is 5.87. The van der Waals surface area contributed by atoms with Gasteiger partial charge >= 0.3 is 12.3 Å². The van der Waals surface area contributed by atoms with Gasteiger partial charge in [-0.05, 0) is 5.56 Å². The van der Waals surface area contributed by atoms with Crippen molar-refractivity contribution in [3.63, 3.8) is 0 Å². The summed E-state index contributed by atoms with van der Waals surface area (Å²) in [4.78, 5) is 4.00. The molecular weight excluding hydrogens is 290 g/mol. The first-order valence-electron chi connectivity index (χ1n) is 6.19. The zero-order valence-corrected chi connectivity index (χ0v) is 10.9. The second-order valence-electron chi connectivity index (χ2n) is 4.43. The van der Waals surface area contributed by atoms with Gasteiger partial charge < -0.3 is 9.84 Å². The molecule has 0 unspecified atom stereocenters. The quantitative estimate of drug-likeness (QED) is 0.799. The summed E-state index contributed by atoms with van der Waals surface area (Å²) < 4.78 is 54.1. The van der Waals surface area contributed by atoms with E-state index in [1.807, 2.05) is 30.3 Å². The number of hydrogen-bond donors (Lipinski definition) is 1. The molecule has 0 fully saturated rings. The van der Waals surface area contributed by atoms with Crippen LogP contribution in [-0.2, 0) is 13.0 Å². The molecule has 114 valence electrons. The molecule has 0 aliphatic heterocycles. The molecule has 0 atom stereocenters. The van der Waals surface area contributed by atoms with Crippen LogP contribution in [0, 0.1) is 0 Å². The van der Waals surface area contributed by atoms with E-state index in [4.69, 9.17) is 4.52 Å². The van der Waals surface area contributed by atoms with E-state index in [-0.39, 0.29) is 12.4 Å². The van der Waals surface area contributed by atoms with Crippen LogP contribution < -0.4 is 5.32 Å². The van der Waals surface area contributed by atoms with Crippen LogP contribution in [0.2, 0.25) is 0 Å². The molecule has 0 aliphatic rings. The summed E-state index contributed by atoms with van der Waals surface area (Å²) in [5.41, 5.74) is 0.974. The van der Waals surface area contributed by atoms with Crippen LogP contribution in [0.5, 0.6) is 0 Å². The normalized spacial score (nSPS) is 12.0. The van der Waals surface area contributed by atoms with Crippen LogP contribution in [0.1, 0.15) is 17.3 Å². The van der Waals surface area contributed by atoms with Crippen molar-refractivity contribution in [3.05, 3.63) is 47.6 Å². The van der Waals surface area contributed by atoms with Crippen molar-refractivity contribution in [1.29, 1.82) is 0 Å². The van der Waals surface area contributed by atoms with Crippen LogP contribution in [-0.4, -0.2) is 29.0 Å². The number of halogens is 4. The maximum atomic E-state index is 12.7. The third-order valence-electron chi connectivity index (χ3n) is 2.67. The van der Waals surface area contributed by atoms with E-state index >= 15 is 0 Å². The first kappa shape index (κ1) is 15.4. The second kappa shape index (κ2) is 6.66. The van der Waals surface area contributed by atoms with Crippen LogP contribution >= 0.6 is 0 Å². The van der Waals surface area contributed by atoms with E-state index in [0.717, 1.165) is 5.56 Å². The highest BCUT2D eigenvalue weighted by Gasteiger charge is 2.40. The summed E-state index contributed by atoms with van der Waals surface area (Å²) in [6.07, 6.45) is -3.27. The molecule has 1 N–H and O–H groups in total. The zero-order chi connectivity index (χ0) is 15.3. The standard InChI is InChI=1S/C13H13F4N3O/c14-12(15)13(16,17)8-18-7-11-19-10(20-21-11)6-9-4-2-1-3-5-9/h1-5,12,18H,6-8H2. The first-order chi connectivity index (χ1) is 9.97. The van der Waals surface area contributed by atoms with Crippen molar-refractivity contribution in [2.45, 2.75) is 25.3 Å². The number of aromatic nitrogens is 2. The molecule has 0 aliphatic carbocycles. The number of alkyl halides is 4. The number of benzene rings is 1. The lowest BCUT2D eigenvalue weighted by molar-refractivity contribution is -0.125. The molecule has 4 nitrogen and oxygen atoms in total. The molecule has 0 radical (unpaired) electrons. The minimum Gasteiger partial charge on any atom is -0.338 e. The minimum atomic E-state index is -4.08. The number of rotatable bonds is 7. The number of nitrogens with one attached hydrogen (secondary N) is 1. The first-order valence-corrected chi connectivity index (χ1v) is 6.19. The lowest BCUT2D eigenvalue weighted by Gasteiger charge is -2.14. The average Bonchev–Trinajstić information content (AvgIpc) is 2.87. The molecule has 0 saturated carbocycles. The van der Waals surface area contributed by atoms with E-state index in [9.17, 15) is 17.6 Å². The molecule has 8 heteroatoms. The van der Waals surface area contributed by atoms with Gasteiger partial charge in [0.05, 0.1) is 13.1 Å². The predicted octanol–water partition coefficient (Wildman–Crippen LogP) is 2.65. The summed E-state index contributed by atoms with van der Waals surface area (Å²) in [5.74, 6) is -3.60. The fourth-order valence-corrected chi connectivity index (χ4v) is 1.63. The molecule has 1 aromatic heterocycles. The van der Waals surface area contributed by atoms with Gasteiger partial charge in [0.1, 0.15) is 0 Å². The minimum absolute atomic E-state index is 0.0750. The molecule has 0 amide bonds. The summed E-state index contributed by atoms with van der Waals surface area (Å²) >= 11 is 0. The van der Waals surface area contributed by atoms with Gasteiger partial charge in [0.15, 0.2) is 5.82 Å². The lowest BCUT2D eigenvalue weighted by Crippen LogP contribution is -2.38. The van der Waals surface area contributed by atoms with E-state index in [1.54, 1.807) is 0 Å². The van der Waals surface area contributed by atoms with Gasteiger partial charge in [-0.3, -0.25) is 0 Å². The third-order valence-corrected chi connectivity index (χ3v) is 2.67. The van der Waals surface area contributed by atoms with Crippen molar-refractivity contribution in [3.8, 4) is 0 Å². The van der Waals surface area contributed by atoms with Gasteiger partial charge in [0.2, 0.25) is 5.89 Å². The molecule has 0 bridgehead atoms. The Bertz CT molecular complexity index is 560. The Morgan fingerprint density at radius 1 is 1.19 bits per heavy atom. The molecule has 0 spiro atoms. The molecule has 2 rings (SSSR count). The number of nitrogens with zero attached hydrogens (tertiary/aromatic N) is 2. The van der Waals surface area contributed by atoms with Crippen molar-refractivity contribution >= 4 is 0 Å². The van der Waals surface area contributed by atoms with Crippen LogP contribution in [0.4, 0.5) is 17.6 Å². The van der Waals surface area contributed by atoms with Crippen molar-refractivity contribution < 1.29 is 22.1 Å². The molecule has 2 aromatic rings. The van der Waals surface area contributed by atoms with Crippen LogP contribution in [0.25, 0.3) is 0 Å². The van der Waals surface area contributed by atoms with Gasteiger partial charge in [-0.15, -0.1) is 0 Å². The zero-order valence-electron chi connectivity index (χ0n) is 10.9. The highest BCUT2D eigenvalue weighted by atomic mass is 19.3. The molecule has 1 aromatic carbocycles. The Kier molecular flexibility index (Phi) is 4.89. The fourth-order valence-electron chi connectivity index (χ4n) is 1.63. The smallest absolute Gasteiger partial charge is 0.319 e. The van der Waals surface area contributed by atoms with Crippen molar-refractivity contribution in [2.75, 3.05) is 6.54 Å². The number of hydrogen-bond acceptors (Lipinski definition) is 4. The second-order valence-corrected chi connectivity index (χ2v) is 4.43. The van der Waals surface area contributed by atoms with E-state index in [0.29, 0.717) is 12.2 Å². The van der Waals surface area contributed by atoms with E-state index in [2.05, 4.69) is 15.5 Å². The topological polar surface area (TPSA) is 51.0 Å². The van der Waals surface area contributed by atoms with Crippen LogP contribution in [0.3, 0.4) is 0 Å². The third kappa shape index (κ3) is 4.52. The maximum Gasteiger partial charge on any atom is 0.319 e. The monoisotopic (exact) mass is 303 g/mol. The van der Waals surface area contributed by atoms with Gasteiger partial charge in [0, 0.05) is 6.42 Å². The average molecular weight is 303 g/mol. The van der Waals surface area contributed by atoms with Gasteiger partial charge in [-0.1, -0.05) is 35.5 Å². The van der Waals surface area contributed by atoms with E-state index < -0.39 is 18.9 Å². The fraction of sp³-hybridized carbons (Fsp3) is 0.385. The van der Waals surface area contributed by atoms with Crippen molar-refractivity contribution in [1.82, 2.24) is 15.5 Å².